The van der Waals surface area contributed by atoms with E-state index in [1.165, 1.54) is 0 Å². The van der Waals surface area contributed by atoms with Gasteiger partial charge in [0, 0.05) is 19.8 Å². The van der Waals surface area contributed by atoms with E-state index in [1.54, 1.807) is 0 Å². The van der Waals surface area contributed by atoms with Gasteiger partial charge in [0.25, 0.3) is 0 Å². The normalized spacial score (nSPS) is 11.2. The van der Waals surface area contributed by atoms with Gasteiger partial charge in [-0.1, -0.05) is 12.2 Å². The summed E-state index contributed by atoms with van der Waals surface area (Å²) in [5.41, 5.74) is 1.10. The van der Waals surface area contributed by atoms with Gasteiger partial charge < -0.3 is 5.32 Å². The second-order valence-corrected chi connectivity index (χ2v) is 3.02. The molecular formula is C10H17N3. The molecule has 1 aromatic heterocycles. The molecule has 72 valence electrons. The Morgan fingerprint density at radius 2 is 2.46 bits per heavy atom. The Labute approximate surface area is 79.5 Å². The van der Waals surface area contributed by atoms with Crippen LogP contribution in [0.4, 0.5) is 0 Å². The van der Waals surface area contributed by atoms with Crippen molar-refractivity contribution in [3.05, 3.63) is 30.1 Å². The van der Waals surface area contributed by atoms with Crippen molar-refractivity contribution in [2.45, 2.75) is 19.9 Å². The molecular weight excluding hydrogens is 162 g/mol. The summed E-state index contributed by atoms with van der Waals surface area (Å²) in [6.45, 7) is 3.91. The predicted octanol–water partition coefficient (Wildman–Crippen LogP) is 1.48. The number of nitrogens with one attached hydrogen (secondary N) is 1. The van der Waals surface area contributed by atoms with Crippen LogP contribution in [0, 0.1) is 0 Å². The van der Waals surface area contributed by atoms with Crippen molar-refractivity contribution in [2.75, 3.05) is 6.54 Å². The van der Waals surface area contributed by atoms with Crippen molar-refractivity contribution in [2.24, 2.45) is 7.05 Å². The van der Waals surface area contributed by atoms with Crippen molar-refractivity contribution >= 4 is 0 Å². The van der Waals surface area contributed by atoms with E-state index in [0.29, 0.717) is 0 Å². The molecule has 1 heterocycles. The quantitative estimate of drug-likeness (QED) is 0.548. The third-order valence-corrected chi connectivity index (χ3v) is 1.80. The zero-order valence-corrected chi connectivity index (χ0v) is 8.33. The van der Waals surface area contributed by atoms with E-state index in [1.807, 2.05) is 30.9 Å². The van der Waals surface area contributed by atoms with Crippen LogP contribution in [0.5, 0.6) is 0 Å². The highest BCUT2D eigenvalue weighted by atomic mass is 15.3. The van der Waals surface area contributed by atoms with Crippen LogP contribution < -0.4 is 5.32 Å². The third kappa shape index (κ3) is 3.90. The van der Waals surface area contributed by atoms with Gasteiger partial charge in [0.15, 0.2) is 0 Å². The lowest BCUT2D eigenvalue weighted by Crippen LogP contribution is -2.14. The number of allylic oxidation sites excluding steroid dienone is 1. The van der Waals surface area contributed by atoms with Crippen LogP contribution in [-0.2, 0) is 13.6 Å². The van der Waals surface area contributed by atoms with E-state index in [-0.39, 0.29) is 0 Å². The van der Waals surface area contributed by atoms with E-state index in [0.717, 1.165) is 25.2 Å². The maximum atomic E-state index is 4.26. The van der Waals surface area contributed by atoms with E-state index in [4.69, 9.17) is 0 Å². The summed E-state index contributed by atoms with van der Waals surface area (Å²) in [5, 5.41) is 7.59. The number of aromatic nitrogens is 2. The molecule has 0 saturated carbocycles. The number of aryl methyl sites for hydroxylation is 1. The first-order chi connectivity index (χ1) is 6.33. The van der Waals surface area contributed by atoms with E-state index < -0.39 is 0 Å². The molecule has 0 spiro atoms. The zero-order chi connectivity index (χ0) is 9.52. The molecule has 1 N–H and O–H groups in total. The molecule has 0 amide bonds. The van der Waals surface area contributed by atoms with Gasteiger partial charge in [-0.15, -0.1) is 0 Å². The fourth-order valence-corrected chi connectivity index (χ4v) is 1.13. The Hall–Kier alpha value is -1.09. The Bertz CT molecular complexity index is 263. The summed E-state index contributed by atoms with van der Waals surface area (Å²) in [7, 11) is 1.93. The Morgan fingerprint density at radius 1 is 1.62 bits per heavy atom. The largest absolute Gasteiger partial charge is 0.311 e. The predicted molar refractivity (Wildman–Crippen MR) is 54.3 cm³/mol. The summed E-state index contributed by atoms with van der Waals surface area (Å²) in [5.74, 6) is 0. The molecule has 0 saturated heterocycles. The SMILES string of the molecule is C/C=C/CCNCc1ccn(C)n1. The van der Waals surface area contributed by atoms with Crippen LogP contribution >= 0.6 is 0 Å². The van der Waals surface area contributed by atoms with Crippen LogP contribution in [-0.4, -0.2) is 16.3 Å². The minimum atomic E-state index is 0.860. The lowest BCUT2D eigenvalue weighted by molar-refractivity contribution is 0.659. The fourth-order valence-electron chi connectivity index (χ4n) is 1.13. The summed E-state index contributed by atoms with van der Waals surface area (Å²) in [4.78, 5) is 0. The lowest BCUT2D eigenvalue weighted by Gasteiger charge is -1.98. The summed E-state index contributed by atoms with van der Waals surface area (Å²) in [6.07, 6.45) is 7.28. The smallest absolute Gasteiger partial charge is 0.0762 e. The van der Waals surface area contributed by atoms with E-state index in [2.05, 4.69) is 22.6 Å². The highest BCUT2D eigenvalue weighted by Crippen LogP contribution is 1.92. The first-order valence-corrected chi connectivity index (χ1v) is 4.63. The van der Waals surface area contributed by atoms with Crippen LogP contribution in [0.1, 0.15) is 19.0 Å². The third-order valence-electron chi connectivity index (χ3n) is 1.80. The molecule has 13 heavy (non-hydrogen) atoms. The van der Waals surface area contributed by atoms with Gasteiger partial charge >= 0.3 is 0 Å². The average Bonchev–Trinajstić information content (AvgIpc) is 2.51. The van der Waals surface area contributed by atoms with Gasteiger partial charge in [-0.3, -0.25) is 4.68 Å². The van der Waals surface area contributed by atoms with Crippen LogP contribution in [0.2, 0.25) is 0 Å². The first kappa shape index (κ1) is 9.99. The molecule has 0 aliphatic heterocycles. The number of nitrogens with zero attached hydrogens (tertiary/aromatic N) is 2. The maximum Gasteiger partial charge on any atom is 0.0762 e. The van der Waals surface area contributed by atoms with Gasteiger partial charge in [0.05, 0.1) is 5.69 Å². The van der Waals surface area contributed by atoms with Gasteiger partial charge in [-0.2, -0.15) is 5.10 Å². The van der Waals surface area contributed by atoms with Gasteiger partial charge in [0.1, 0.15) is 0 Å². The molecule has 1 aromatic rings. The number of hydrogen-bond donors (Lipinski definition) is 1. The molecule has 1 rings (SSSR count). The maximum absolute atomic E-state index is 4.26. The molecule has 0 radical (unpaired) electrons. The minimum Gasteiger partial charge on any atom is -0.311 e. The van der Waals surface area contributed by atoms with Gasteiger partial charge in [-0.05, 0) is 26.0 Å². The highest BCUT2D eigenvalue weighted by Gasteiger charge is 1.93. The van der Waals surface area contributed by atoms with Crippen molar-refractivity contribution in [3.8, 4) is 0 Å². The Kier molecular flexibility index (Phi) is 4.26. The Morgan fingerprint density at radius 3 is 3.08 bits per heavy atom. The standard InChI is InChI=1S/C10H17N3/c1-3-4-5-7-11-9-10-6-8-13(2)12-10/h3-4,6,8,11H,5,7,9H2,1-2H3/b4-3+. The van der Waals surface area contributed by atoms with Crippen LogP contribution in [0.25, 0.3) is 0 Å². The zero-order valence-electron chi connectivity index (χ0n) is 8.33. The summed E-state index contributed by atoms with van der Waals surface area (Å²) >= 11 is 0. The van der Waals surface area contributed by atoms with Crippen molar-refractivity contribution < 1.29 is 0 Å². The van der Waals surface area contributed by atoms with Crippen LogP contribution in [0.3, 0.4) is 0 Å². The molecule has 0 fully saturated rings. The fraction of sp³-hybridized carbons (Fsp3) is 0.500. The molecule has 3 heteroatoms. The molecule has 0 bridgehead atoms. The lowest BCUT2D eigenvalue weighted by atomic mass is 10.3. The molecule has 0 aliphatic rings. The molecule has 0 atom stereocenters. The summed E-state index contributed by atoms with van der Waals surface area (Å²) < 4.78 is 1.82. The van der Waals surface area contributed by atoms with Crippen LogP contribution in [0.15, 0.2) is 24.4 Å². The van der Waals surface area contributed by atoms with Crippen molar-refractivity contribution in [1.29, 1.82) is 0 Å². The van der Waals surface area contributed by atoms with Crippen molar-refractivity contribution in [3.63, 3.8) is 0 Å². The molecule has 0 aromatic carbocycles. The van der Waals surface area contributed by atoms with Crippen molar-refractivity contribution in [1.82, 2.24) is 15.1 Å². The van der Waals surface area contributed by atoms with E-state index >= 15 is 0 Å². The first-order valence-electron chi connectivity index (χ1n) is 4.63. The molecule has 3 nitrogen and oxygen atoms in total. The summed E-state index contributed by atoms with van der Waals surface area (Å²) in [6, 6.07) is 2.03. The number of rotatable bonds is 5. The number of hydrogen-bond acceptors (Lipinski definition) is 2. The topological polar surface area (TPSA) is 29.9 Å². The Balaban J connectivity index is 2.13. The molecule has 0 aliphatic carbocycles. The second kappa shape index (κ2) is 5.54. The van der Waals surface area contributed by atoms with Gasteiger partial charge in [0.2, 0.25) is 0 Å². The molecule has 0 unspecified atom stereocenters. The van der Waals surface area contributed by atoms with E-state index in [9.17, 15) is 0 Å². The second-order valence-electron chi connectivity index (χ2n) is 3.02. The minimum absolute atomic E-state index is 0.860. The monoisotopic (exact) mass is 179 g/mol. The highest BCUT2D eigenvalue weighted by molar-refractivity contribution is 4.97. The average molecular weight is 179 g/mol. The van der Waals surface area contributed by atoms with Gasteiger partial charge in [-0.25, -0.2) is 0 Å².